The maximum absolute atomic E-state index is 13.6. The minimum absolute atomic E-state index is 0.0455. The monoisotopic (exact) mass is 567 g/mol. The van der Waals surface area contributed by atoms with E-state index in [-0.39, 0.29) is 23.4 Å². The first-order valence-corrected chi connectivity index (χ1v) is 14.8. The van der Waals surface area contributed by atoms with Crippen LogP contribution in [0, 0.1) is 6.92 Å². The Morgan fingerprint density at radius 1 is 1.05 bits per heavy atom. The summed E-state index contributed by atoms with van der Waals surface area (Å²) in [5, 5.41) is 3.94. The fraction of sp³-hybridized carbons (Fsp3) is 0.481. The van der Waals surface area contributed by atoms with Crippen LogP contribution in [0.25, 0.3) is 0 Å². The number of halogens is 2. The Balaban J connectivity index is 1.86. The number of hydrogen-bond donors (Lipinski definition) is 1. The SMILES string of the molecule is CC[C@@H](C(=O)NC1CCCCC1)N(Cc1ccc(Cl)cc1Cl)C(=O)CN(C)S(=O)(=O)c1ccc(C)cc1. The number of benzene rings is 2. The van der Waals surface area contributed by atoms with Crippen LogP contribution in [0.15, 0.2) is 47.4 Å². The molecule has 2 aromatic carbocycles. The maximum Gasteiger partial charge on any atom is 0.243 e. The summed E-state index contributed by atoms with van der Waals surface area (Å²) >= 11 is 12.5. The fourth-order valence-corrected chi connectivity index (χ4v) is 6.14. The van der Waals surface area contributed by atoms with E-state index in [0.717, 1.165) is 42.0 Å². The summed E-state index contributed by atoms with van der Waals surface area (Å²) in [6.45, 7) is 3.33. The van der Waals surface area contributed by atoms with Crippen molar-refractivity contribution in [3.63, 3.8) is 0 Å². The molecule has 2 aromatic rings. The molecule has 0 saturated heterocycles. The van der Waals surface area contributed by atoms with Crippen molar-refractivity contribution in [2.45, 2.75) is 75.9 Å². The van der Waals surface area contributed by atoms with Crippen molar-refractivity contribution >= 4 is 45.0 Å². The first kappa shape index (κ1) is 29.4. The predicted octanol–water partition coefficient (Wildman–Crippen LogP) is 5.18. The van der Waals surface area contributed by atoms with Crippen molar-refractivity contribution in [1.29, 1.82) is 0 Å². The number of sulfonamides is 1. The zero-order chi connectivity index (χ0) is 27.2. The topological polar surface area (TPSA) is 86.8 Å². The number of aryl methyl sites for hydroxylation is 1. The van der Waals surface area contributed by atoms with E-state index >= 15 is 0 Å². The molecule has 37 heavy (non-hydrogen) atoms. The summed E-state index contributed by atoms with van der Waals surface area (Å²) in [6, 6.07) is 10.7. The smallest absolute Gasteiger partial charge is 0.243 e. The van der Waals surface area contributed by atoms with E-state index in [2.05, 4.69) is 5.32 Å². The molecule has 2 amide bonds. The van der Waals surface area contributed by atoms with Crippen LogP contribution in [0.5, 0.6) is 0 Å². The molecular weight excluding hydrogens is 533 g/mol. The minimum atomic E-state index is -3.90. The van der Waals surface area contributed by atoms with Gasteiger partial charge in [0.1, 0.15) is 6.04 Å². The van der Waals surface area contributed by atoms with Crippen LogP contribution in [0.1, 0.15) is 56.6 Å². The lowest BCUT2D eigenvalue weighted by Gasteiger charge is -2.33. The maximum atomic E-state index is 13.6. The molecule has 1 saturated carbocycles. The number of rotatable bonds is 10. The number of nitrogens with zero attached hydrogens (tertiary/aromatic N) is 2. The van der Waals surface area contributed by atoms with Crippen molar-refractivity contribution < 1.29 is 18.0 Å². The molecule has 0 spiro atoms. The standard InChI is InChI=1S/C27H35Cl2N3O4S/c1-4-25(27(34)30-22-8-6-5-7-9-22)32(17-20-12-13-21(28)16-24(20)29)26(33)18-31(3)37(35,36)23-14-10-19(2)11-15-23/h10-16,22,25H,4-9,17-18H2,1-3H3,(H,30,34)/t25-/m0/s1. The summed E-state index contributed by atoms with van der Waals surface area (Å²) in [7, 11) is -2.54. The van der Waals surface area contributed by atoms with Gasteiger partial charge in [0.2, 0.25) is 21.8 Å². The van der Waals surface area contributed by atoms with Gasteiger partial charge >= 0.3 is 0 Å². The van der Waals surface area contributed by atoms with Crippen LogP contribution in [-0.2, 0) is 26.2 Å². The lowest BCUT2D eigenvalue weighted by atomic mass is 9.95. The highest BCUT2D eigenvalue weighted by molar-refractivity contribution is 7.89. The molecular formula is C27H35Cl2N3O4S. The van der Waals surface area contributed by atoms with Crippen LogP contribution >= 0.6 is 23.2 Å². The molecule has 0 radical (unpaired) electrons. The second-order valence-electron chi connectivity index (χ2n) is 9.60. The minimum Gasteiger partial charge on any atom is -0.352 e. The molecule has 0 bridgehead atoms. The second-order valence-corrected chi connectivity index (χ2v) is 12.5. The quantitative estimate of drug-likeness (QED) is 0.428. The largest absolute Gasteiger partial charge is 0.352 e. The lowest BCUT2D eigenvalue weighted by Crippen LogP contribution is -2.53. The number of hydrogen-bond acceptors (Lipinski definition) is 4. The molecule has 3 rings (SSSR count). The van der Waals surface area contributed by atoms with Crippen molar-refractivity contribution in [2.24, 2.45) is 0 Å². The van der Waals surface area contributed by atoms with Crippen LogP contribution in [-0.4, -0.2) is 55.1 Å². The molecule has 7 nitrogen and oxygen atoms in total. The number of carbonyl (C=O) groups is 2. The third kappa shape index (κ3) is 7.69. The molecule has 1 N–H and O–H groups in total. The molecule has 1 atom stereocenters. The summed E-state index contributed by atoms with van der Waals surface area (Å²) < 4.78 is 27.3. The molecule has 1 aliphatic rings. The molecule has 1 aliphatic carbocycles. The Morgan fingerprint density at radius 2 is 1.70 bits per heavy atom. The van der Waals surface area contributed by atoms with Gasteiger partial charge in [0, 0.05) is 29.7 Å². The van der Waals surface area contributed by atoms with Gasteiger partial charge in [-0.25, -0.2) is 8.42 Å². The predicted molar refractivity (Wildman–Crippen MR) is 147 cm³/mol. The van der Waals surface area contributed by atoms with E-state index in [4.69, 9.17) is 23.2 Å². The fourth-order valence-electron chi connectivity index (χ4n) is 4.55. The number of likely N-dealkylation sites (N-methyl/N-ethyl adjacent to an activating group) is 1. The van der Waals surface area contributed by atoms with E-state index in [1.165, 1.54) is 24.1 Å². The highest BCUT2D eigenvalue weighted by atomic mass is 35.5. The van der Waals surface area contributed by atoms with Crippen LogP contribution in [0.3, 0.4) is 0 Å². The van der Waals surface area contributed by atoms with Gasteiger partial charge in [-0.1, -0.05) is 73.2 Å². The van der Waals surface area contributed by atoms with Gasteiger partial charge in [0.25, 0.3) is 0 Å². The van der Waals surface area contributed by atoms with Gasteiger partial charge in [-0.2, -0.15) is 4.31 Å². The van der Waals surface area contributed by atoms with Gasteiger partial charge in [-0.15, -0.1) is 0 Å². The third-order valence-electron chi connectivity index (χ3n) is 6.78. The molecule has 0 unspecified atom stereocenters. The van der Waals surface area contributed by atoms with Crippen molar-refractivity contribution in [3.8, 4) is 0 Å². The first-order chi connectivity index (χ1) is 17.5. The number of nitrogens with one attached hydrogen (secondary N) is 1. The summed E-state index contributed by atoms with van der Waals surface area (Å²) in [5.74, 6) is -0.730. The molecule has 1 fully saturated rings. The van der Waals surface area contributed by atoms with Crippen LogP contribution in [0.2, 0.25) is 10.0 Å². The van der Waals surface area contributed by atoms with Gasteiger partial charge in [-0.3, -0.25) is 9.59 Å². The number of carbonyl (C=O) groups excluding carboxylic acids is 2. The van der Waals surface area contributed by atoms with E-state index < -0.39 is 28.5 Å². The Labute approximate surface area is 230 Å². The van der Waals surface area contributed by atoms with Crippen molar-refractivity contribution in [3.05, 3.63) is 63.6 Å². The average molecular weight is 569 g/mol. The summed E-state index contributed by atoms with van der Waals surface area (Å²) in [4.78, 5) is 28.5. The van der Waals surface area contributed by atoms with E-state index in [1.54, 1.807) is 30.3 Å². The number of amides is 2. The summed E-state index contributed by atoms with van der Waals surface area (Å²) in [6.07, 6.45) is 5.47. The Morgan fingerprint density at radius 3 is 2.30 bits per heavy atom. The Bertz CT molecular complexity index is 1200. The van der Waals surface area contributed by atoms with E-state index in [1.807, 2.05) is 13.8 Å². The first-order valence-electron chi connectivity index (χ1n) is 12.6. The normalized spacial score (nSPS) is 15.4. The zero-order valence-electron chi connectivity index (χ0n) is 21.5. The zero-order valence-corrected chi connectivity index (χ0v) is 23.9. The highest BCUT2D eigenvalue weighted by Crippen LogP contribution is 2.25. The molecule has 0 aliphatic heterocycles. The van der Waals surface area contributed by atoms with Gasteiger partial charge < -0.3 is 10.2 Å². The van der Waals surface area contributed by atoms with Gasteiger partial charge in [-0.05, 0) is 56.0 Å². The average Bonchev–Trinajstić information content (AvgIpc) is 2.86. The van der Waals surface area contributed by atoms with E-state index in [0.29, 0.717) is 22.0 Å². The van der Waals surface area contributed by atoms with Crippen molar-refractivity contribution in [1.82, 2.24) is 14.5 Å². The lowest BCUT2D eigenvalue weighted by molar-refractivity contribution is -0.141. The molecule has 10 heteroatoms. The Kier molecular flexibility index (Phi) is 10.4. The summed E-state index contributed by atoms with van der Waals surface area (Å²) in [5.41, 5.74) is 1.55. The third-order valence-corrected chi connectivity index (χ3v) is 9.18. The van der Waals surface area contributed by atoms with Gasteiger partial charge in [0.15, 0.2) is 0 Å². The van der Waals surface area contributed by atoms with E-state index in [9.17, 15) is 18.0 Å². The Hall–Kier alpha value is -2.13. The molecule has 202 valence electrons. The molecule has 0 aromatic heterocycles. The van der Waals surface area contributed by atoms with Crippen molar-refractivity contribution in [2.75, 3.05) is 13.6 Å². The second kappa shape index (κ2) is 13.1. The molecule has 0 heterocycles. The van der Waals surface area contributed by atoms with Gasteiger partial charge in [0.05, 0.1) is 11.4 Å². The van der Waals surface area contributed by atoms with Crippen LogP contribution in [0.4, 0.5) is 0 Å². The van der Waals surface area contributed by atoms with Crippen LogP contribution < -0.4 is 5.32 Å². The highest BCUT2D eigenvalue weighted by Gasteiger charge is 2.33.